The molecule has 7 heteroatoms. The van der Waals surface area contributed by atoms with Crippen LogP contribution in [0.25, 0.3) is 11.3 Å². The second-order valence-corrected chi connectivity index (χ2v) is 7.68. The first-order valence-electron chi connectivity index (χ1n) is 9.50. The van der Waals surface area contributed by atoms with Gasteiger partial charge in [-0.1, -0.05) is 18.5 Å². The highest BCUT2D eigenvalue weighted by molar-refractivity contribution is 6.31. The molecule has 2 atom stereocenters. The normalized spacial score (nSPS) is 23.3. The van der Waals surface area contributed by atoms with E-state index in [1.807, 2.05) is 25.1 Å². The zero-order valence-corrected chi connectivity index (χ0v) is 16.5. The summed E-state index contributed by atoms with van der Waals surface area (Å²) in [5.41, 5.74) is 2.20. The summed E-state index contributed by atoms with van der Waals surface area (Å²) >= 11 is 6.01. The van der Waals surface area contributed by atoms with Crippen LogP contribution in [0.4, 0.5) is 5.82 Å². The minimum absolute atomic E-state index is 0.124. The number of aromatic nitrogens is 2. The Morgan fingerprint density at radius 2 is 2.11 bits per heavy atom. The largest absolute Gasteiger partial charge is 0.507 e. The van der Waals surface area contributed by atoms with Gasteiger partial charge in [0.05, 0.1) is 24.4 Å². The number of aromatic hydroxyl groups is 1. The maximum Gasteiger partial charge on any atom is 0.151 e. The molecule has 2 saturated heterocycles. The number of hydrogen-bond acceptors (Lipinski definition) is 6. The highest BCUT2D eigenvalue weighted by Gasteiger charge is 2.37. The van der Waals surface area contributed by atoms with Gasteiger partial charge < -0.3 is 19.6 Å². The van der Waals surface area contributed by atoms with Gasteiger partial charge in [-0.15, -0.1) is 10.2 Å². The molecule has 0 amide bonds. The Labute approximate surface area is 164 Å². The number of nitrogens with zero attached hydrogens (tertiary/aromatic N) is 4. The summed E-state index contributed by atoms with van der Waals surface area (Å²) in [6.07, 6.45) is 1.31. The van der Waals surface area contributed by atoms with Crippen molar-refractivity contribution in [2.75, 3.05) is 37.7 Å². The van der Waals surface area contributed by atoms with Gasteiger partial charge in [0.2, 0.25) is 0 Å². The fraction of sp³-hybridized carbons (Fsp3) is 0.500. The van der Waals surface area contributed by atoms with Crippen LogP contribution in [0.1, 0.15) is 18.9 Å². The Bertz CT molecular complexity index is 791. The average Bonchev–Trinajstić information content (AvgIpc) is 2.67. The molecule has 144 valence electrons. The molecule has 4 rings (SSSR count). The summed E-state index contributed by atoms with van der Waals surface area (Å²) in [6.45, 7) is 8.77. The maximum atomic E-state index is 10.3. The van der Waals surface area contributed by atoms with Gasteiger partial charge in [-0.3, -0.25) is 0 Å². The molecule has 0 aliphatic carbocycles. The summed E-state index contributed by atoms with van der Waals surface area (Å²) in [7, 11) is 0. The summed E-state index contributed by atoms with van der Waals surface area (Å²) in [4.78, 5) is 4.78. The molecule has 0 radical (unpaired) electrons. The van der Waals surface area contributed by atoms with Gasteiger partial charge in [0, 0.05) is 30.2 Å². The lowest BCUT2D eigenvalue weighted by atomic mass is 9.98. The number of halogens is 1. The van der Waals surface area contributed by atoms with Crippen LogP contribution in [0.3, 0.4) is 0 Å². The summed E-state index contributed by atoms with van der Waals surface area (Å²) in [5, 5.41) is 19.7. The van der Waals surface area contributed by atoms with Crippen LogP contribution in [0.2, 0.25) is 5.02 Å². The SMILES string of the molecule is CCN1CC[C@@H]2OCCN(c3ccc(-c4c(C)cc(Cl)cc4O)nn3)[C@@H]2C1. The van der Waals surface area contributed by atoms with Crippen LogP contribution in [0.5, 0.6) is 5.75 Å². The number of morpholine rings is 1. The van der Waals surface area contributed by atoms with Crippen LogP contribution in [-0.4, -0.2) is 65.1 Å². The third-order valence-electron chi connectivity index (χ3n) is 5.60. The van der Waals surface area contributed by atoms with E-state index in [1.165, 1.54) is 6.07 Å². The minimum atomic E-state index is 0.124. The number of rotatable bonds is 3. The standard InChI is InChI=1S/C20H25ClN4O2/c1-3-24-7-6-18-16(12-24)25(8-9-27-18)19-5-4-15(22-23-19)20-13(2)10-14(21)11-17(20)26/h4-5,10-11,16,18,26H,3,6-9,12H2,1-2H3/t16-,18+/m1/s1. The Morgan fingerprint density at radius 1 is 1.26 bits per heavy atom. The number of hydrogen-bond donors (Lipinski definition) is 1. The molecule has 3 heterocycles. The number of ether oxygens (including phenoxy) is 1. The number of likely N-dealkylation sites (N-methyl/N-ethyl adjacent to an activating group) is 1. The van der Waals surface area contributed by atoms with E-state index < -0.39 is 0 Å². The lowest BCUT2D eigenvalue weighted by Gasteiger charge is -2.47. The predicted octanol–water partition coefficient (Wildman–Crippen LogP) is 3.11. The molecule has 27 heavy (non-hydrogen) atoms. The quantitative estimate of drug-likeness (QED) is 0.871. The van der Waals surface area contributed by atoms with Crippen LogP contribution < -0.4 is 4.90 Å². The van der Waals surface area contributed by atoms with Crippen molar-refractivity contribution in [3.63, 3.8) is 0 Å². The zero-order valence-electron chi connectivity index (χ0n) is 15.7. The summed E-state index contributed by atoms with van der Waals surface area (Å²) in [5.74, 6) is 0.987. The lowest BCUT2D eigenvalue weighted by molar-refractivity contribution is -0.0282. The van der Waals surface area contributed by atoms with Crippen LogP contribution >= 0.6 is 11.6 Å². The summed E-state index contributed by atoms with van der Waals surface area (Å²) < 4.78 is 6.00. The molecule has 2 aliphatic rings. The Morgan fingerprint density at radius 3 is 2.81 bits per heavy atom. The third kappa shape index (κ3) is 3.61. The fourth-order valence-corrected chi connectivity index (χ4v) is 4.45. The minimum Gasteiger partial charge on any atom is -0.507 e. The second-order valence-electron chi connectivity index (χ2n) is 7.25. The first kappa shape index (κ1) is 18.5. The van der Waals surface area contributed by atoms with Gasteiger partial charge in [-0.2, -0.15) is 0 Å². The highest BCUT2D eigenvalue weighted by Crippen LogP contribution is 2.34. The van der Waals surface area contributed by atoms with E-state index in [0.29, 0.717) is 28.9 Å². The van der Waals surface area contributed by atoms with Crippen molar-refractivity contribution in [3.8, 4) is 17.0 Å². The van der Waals surface area contributed by atoms with Gasteiger partial charge in [0.15, 0.2) is 5.82 Å². The van der Waals surface area contributed by atoms with Crippen molar-refractivity contribution in [3.05, 3.63) is 34.9 Å². The van der Waals surface area contributed by atoms with Gasteiger partial charge in [-0.25, -0.2) is 0 Å². The van der Waals surface area contributed by atoms with E-state index in [4.69, 9.17) is 16.3 Å². The van der Waals surface area contributed by atoms with Crippen molar-refractivity contribution in [2.45, 2.75) is 32.4 Å². The van der Waals surface area contributed by atoms with E-state index in [2.05, 4.69) is 26.9 Å². The number of piperidine rings is 1. The molecular weight excluding hydrogens is 364 g/mol. The second kappa shape index (κ2) is 7.62. The highest BCUT2D eigenvalue weighted by atomic mass is 35.5. The van der Waals surface area contributed by atoms with Gasteiger partial charge in [0.25, 0.3) is 0 Å². The van der Waals surface area contributed by atoms with Crippen molar-refractivity contribution in [1.29, 1.82) is 0 Å². The zero-order chi connectivity index (χ0) is 19.0. The number of aryl methyl sites for hydroxylation is 1. The van der Waals surface area contributed by atoms with E-state index >= 15 is 0 Å². The van der Waals surface area contributed by atoms with E-state index in [1.54, 1.807) is 0 Å². The van der Waals surface area contributed by atoms with Crippen molar-refractivity contribution < 1.29 is 9.84 Å². The number of phenols is 1. The van der Waals surface area contributed by atoms with Crippen LogP contribution in [0, 0.1) is 6.92 Å². The van der Waals surface area contributed by atoms with Gasteiger partial charge in [0.1, 0.15) is 5.75 Å². The molecule has 6 nitrogen and oxygen atoms in total. The van der Waals surface area contributed by atoms with Gasteiger partial charge >= 0.3 is 0 Å². The fourth-order valence-electron chi connectivity index (χ4n) is 4.18. The molecule has 0 saturated carbocycles. The van der Waals surface area contributed by atoms with Crippen molar-refractivity contribution in [2.24, 2.45) is 0 Å². The van der Waals surface area contributed by atoms with Crippen LogP contribution in [-0.2, 0) is 4.74 Å². The molecular formula is C20H25ClN4O2. The van der Waals surface area contributed by atoms with E-state index in [9.17, 15) is 5.11 Å². The van der Waals surface area contributed by atoms with Gasteiger partial charge in [-0.05, 0) is 49.7 Å². The molecule has 2 fully saturated rings. The molecule has 1 aromatic carbocycles. The topological polar surface area (TPSA) is 61.7 Å². The van der Waals surface area contributed by atoms with E-state index in [-0.39, 0.29) is 11.9 Å². The maximum absolute atomic E-state index is 10.3. The molecule has 1 N–H and O–H groups in total. The number of phenolic OH excluding ortho intramolecular Hbond substituents is 1. The molecule has 2 aliphatic heterocycles. The van der Waals surface area contributed by atoms with Crippen molar-refractivity contribution >= 4 is 17.4 Å². The predicted molar refractivity (Wildman–Crippen MR) is 106 cm³/mol. The summed E-state index contributed by atoms with van der Waals surface area (Å²) in [6, 6.07) is 7.57. The Balaban J connectivity index is 1.60. The molecule has 0 unspecified atom stereocenters. The molecule has 2 aromatic rings. The molecule has 0 spiro atoms. The first-order valence-corrected chi connectivity index (χ1v) is 9.88. The molecule has 1 aromatic heterocycles. The van der Waals surface area contributed by atoms with Crippen molar-refractivity contribution in [1.82, 2.24) is 15.1 Å². The number of likely N-dealkylation sites (tertiary alicyclic amines) is 1. The monoisotopic (exact) mass is 388 g/mol. The third-order valence-corrected chi connectivity index (χ3v) is 5.81. The number of benzene rings is 1. The number of anilines is 1. The van der Waals surface area contributed by atoms with Crippen LogP contribution in [0.15, 0.2) is 24.3 Å². The van der Waals surface area contributed by atoms with E-state index in [0.717, 1.165) is 44.0 Å². The Kier molecular flexibility index (Phi) is 5.21. The number of fused-ring (bicyclic) bond motifs is 1. The molecule has 0 bridgehead atoms. The lowest BCUT2D eigenvalue weighted by Crippen LogP contribution is -2.60. The Hall–Kier alpha value is -1.89. The average molecular weight is 389 g/mol. The first-order chi connectivity index (χ1) is 13.1. The smallest absolute Gasteiger partial charge is 0.151 e.